The molecule has 0 amide bonds. The Morgan fingerprint density at radius 3 is 2.54 bits per heavy atom. The summed E-state index contributed by atoms with van der Waals surface area (Å²) in [5.41, 5.74) is 0.702. The number of rotatable bonds is 5. The maximum absolute atomic E-state index is 12.4. The minimum Gasteiger partial charge on any atom is -0.457 e. The number of nitro groups is 1. The lowest BCUT2D eigenvalue weighted by molar-refractivity contribution is -0.384. The Balaban J connectivity index is 1.80. The number of non-ortho nitro benzene ring substituents is 1. The third-order valence-corrected chi connectivity index (χ3v) is 3.74. The molecule has 0 unspecified atom stereocenters. The molecule has 0 atom stereocenters. The summed E-state index contributed by atoms with van der Waals surface area (Å²) < 4.78 is 12.4. The quantitative estimate of drug-likeness (QED) is 0.395. The average Bonchev–Trinajstić information content (AvgIpc) is 3.27. The molecule has 0 saturated heterocycles. The number of furan rings is 1. The first-order chi connectivity index (χ1) is 12.5. The molecule has 0 spiro atoms. The van der Waals surface area contributed by atoms with Gasteiger partial charge in [0.2, 0.25) is 5.88 Å². The van der Waals surface area contributed by atoms with Crippen LogP contribution in [-0.2, 0) is 11.3 Å². The fraction of sp³-hybridized carbons (Fsp3) is 0.111. The van der Waals surface area contributed by atoms with Gasteiger partial charge in [-0.25, -0.2) is 4.79 Å². The number of nitrogens with zero attached hydrogens (tertiary/aromatic N) is 3. The summed E-state index contributed by atoms with van der Waals surface area (Å²) in [5, 5.41) is 20.1. The molecule has 3 aromatic rings. The van der Waals surface area contributed by atoms with Crippen LogP contribution in [-0.4, -0.2) is 15.5 Å². The van der Waals surface area contributed by atoms with Crippen molar-refractivity contribution >= 4 is 11.7 Å². The smallest absolute Gasteiger partial charge is 0.343 e. The van der Waals surface area contributed by atoms with Gasteiger partial charge in [0.05, 0.1) is 4.92 Å². The minimum absolute atomic E-state index is 0.0473. The van der Waals surface area contributed by atoms with E-state index < -0.39 is 10.9 Å². The fourth-order valence-corrected chi connectivity index (χ4v) is 2.47. The van der Waals surface area contributed by atoms with Crippen LogP contribution in [0.25, 0.3) is 5.88 Å². The second kappa shape index (κ2) is 6.94. The molecule has 0 saturated carbocycles. The van der Waals surface area contributed by atoms with Gasteiger partial charge in [0, 0.05) is 24.5 Å². The van der Waals surface area contributed by atoms with Gasteiger partial charge in [-0.2, -0.15) is 5.26 Å². The summed E-state index contributed by atoms with van der Waals surface area (Å²) in [6.07, 6.45) is 3.40. The summed E-state index contributed by atoms with van der Waals surface area (Å²) in [6.45, 7) is 1.50. The first-order valence-electron chi connectivity index (χ1n) is 7.58. The van der Waals surface area contributed by atoms with E-state index in [1.54, 1.807) is 36.0 Å². The Morgan fingerprint density at radius 2 is 1.96 bits per heavy atom. The van der Waals surface area contributed by atoms with E-state index in [1.165, 1.54) is 24.3 Å². The van der Waals surface area contributed by atoms with Crippen molar-refractivity contribution in [2.45, 2.75) is 13.5 Å². The molecule has 0 aliphatic heterocycles. The van der Waals surface area contributed by atoms with Gasteiger partial charge < -0.3 is 9.15 Å². The highest BCUT2D eigenvalue weighted by Crippen LogP contribution is 2.26. The van der Waals surface area contributed by atoms with Crippen LogP contribution < -0.4 is 0 Å². The van der Waals surface area contributed by atoms with Crippen LogP contribution >= 0.6 is 0 Å². The van der Waals surface area contributed by atoms with Crippen LogP contribution in [0.1, 0.15) is 27.2 Å². The lowest BCUT2D eigenvalue weighted by atomic mass is 10.1. The molecule has 0 aliphatic carbocycles. The highest BCUT2D eigenvalue weighted by atomic mass is 16.6. The Bertz CT molecular complexity index is 995. The molecule has 2 heterocycles. The van der Waals surface area contributed by atoms with Crippen LogP contribution in [0.15, 0.2) is 53.2 Å². The van der Waals surface area contributed by atoms with Gasteiger partial charge in [-0.3, -0.25) is 14.7 Å². The average molecular weight is 351 g/mol. The molecule has 26 heavy (non-hydrogen) atoms. The summed E-state index contributed by atoms with van der Waals surface area (Å²) in [4.78, 5) is 22.6. The standard InChI is InChI=1S/C18H13N3O5/c1-12-16(15(10-19)17(26-12)20-8-2-3-9-20)18(22)25-11-13-4-6-14(7-5-13)21(23)24/h2-9H,11H2,1H3. The number of nitro benzene ring substituents is 1. The van der Waals surface area contributed by atoms with Crippen molar-refractivity contribution < 1.29 is 18.9 Å². The van der Waals surface area contributed by atoms with E-state index in [-0.39, 0.29) is 35.1 Å². The van der Waals surface area contributed by atoms with Crippen molar-refractivity contribution in [2.24, 2.45) is 0 Å². The van der Waals surface area contributed by atoms with Crippen LogP contribution in [0.2, 0.25) is 0 Å². The second-order valence-corrected chi connectivity index (χ2v) is 5.42. The zero-order chi connectivity index (χ0) is 18.7. The van der Waals surface area contributed by atoms with Crippen LogP contribution in [0.4, 0.5) is 5.69 Å². The Labute approximate surface area is 148 Å². The molecule has 8 nitrogen and oxygen atoms in total. The molecule has 0 N–H and O–H groups in total. The molecule has 0 radical (unpaired) electrons. The van der Waals surface area contributed by atoms with Gasteiger partial charge in [-0.05, 0) is 36.8 Å². The largest absolute Gasteiger partial charge is 0.457 e. The van der Waals surface area contributed by atoms with E-state index in [2.05, 4.69) is 0 Å². The Kier molecular flexibility index (Phi) is 4.53. The third-order valence-electron chi connectivity index (χ3n) is 3.74. The van der Waals surface area contributed by atoms with Crippen molar-refractivity contribution in [3.05, 3.63) is 81.4 Å². The molecule has 8 heteroatoms. The number of aromatic nitrogens is 1. The number of hydrogen-bond acceptors (Lipinski definition) is 6. The molecule has 3 rings (SSSR count). The van der Waals surface area contributed by atoms with Gasteiger partial charge in [0.25, 0.3) is 5.69 Å². The van der Waals surface area contributed by atoms with E-state index in [4.69, 9.17) is 9.15 Å². The topological polar surface area (TPSA) is 111 Å². The van der Waals surface area contributed by atoms with E-state index >= 15 is 0 Å². The fourth-order valence-electron chi connectivity index (χ4n) is 2.47. The molecule has 1 aromatic carbocycles. The number of carbonyl (C=O) groups is 1. The second-order valence-electron chi connectivity index (χ2n) is 5.42. The lowest BCUT2D eigenvalue weighted by Crippen LogP contribution is -2.08. The number of benzene rings is 1. The van der Waals surface area contributed by atoms with Crippen molar-refractivity contribution in [3.8, 4) is 12.0 Å². The Morgan fingerprint density at radius 1 is 1.31 bits per heavy atom. The van der Waals surface area contributed by atoms with Crippen molar-refractivity contribution in [2.75, 3.05) is 0 Å². The Hall–Kier alpha value is -3.86. The van der Waals surface area contributed by atoms with Crippen LogP contribution in [0, 0.1) is 28.4 Å². The van der Waals surface area contributed by atoms with Crippen molar-refractivity contribution in [3.63, 3.8) is 0 Å². The van der Waals surface area contributed by atoms with Crippen LogP contribution in [0.3, 0.4) is 0 Å². The summed E-state index contributed by atoms with van der Waals surface area (Å²) in [5.74, 6) is -0.171. The first-order valence-corrected chi connectivity index (χ1v) is 7.58. The molecule has 2 aromatic heterocycles. The molecule has 0 fully saturated rings. The normalized spacial score (nSPS) is 10.3. The molecule has 0 bridgehead atoms. The highest BCUT2D eigenvalue weighted by molar-refractivity contribution is 5.94. The van der Waals surface area contributed by atoms with Gasteiger partial charge in [0.15, 0.2) is 0 Å². The highest BCUT2D eigenvalue weighted by Gasteiger charge is 2.25. The zero-order valence-corrected chi connectivity index (χ0v) is 13.7. The van der Waals surface area contributed by atoms with Gasteiger partial charge in [-0.1, -0.05) is 0 Å². The number of carbonyl (C=O) groups excluding carboxylic acids is 1. The van der Waals surface area contributed by atoms with E-state index in [0.29, 0.717) is 5.56 Å². The summed E-state index contributed by atoms with van der Waals surface area (Å²) in [6, 6.07) is 11.2. The monoisotopic (exact) mass is 351 g/mol. The predicted octanol–water partition coefficient (Wildman–Crippen LogP) is 3.52. The van der Waals surface area contributed by atoms with E-state index in [0.717, 1.165) is 0 Å². The summed E-state index contributed by atoms with van der Waals surface area (Å²) >= 11 is 0. The van der Waals surface area contributed by atoms with Crippen molar-refractivity contribution in [1.82, 2.24) is 4.57 Å². The third kappa shape index (κ3) is 3.18. The number of nitriles is 1. The maximum Gasteiger partial charge on any atom is 0.343 e. The first kappa shape index (κ1) is 17.0. The van der Waals surface area contributed by atoms with Gasteiger partial charge in [0.1, 0.15) is 29.6 Å². The SMILES string of the molecule is Cc1oc(-n2cccc2)c(C#N)c1C(=O)OCc1ccc([N+](=O)[O-])cc1. The van der Waals surface area contributed by atoms with Crippen molar-refractivity contribution in [1.29, 1.82) is 5.26 Å². The molecule has 130 valence electrons. The van der Waals surface area contributed by atoms with E-state index in [9.17, 15) is 20.2 Å². The molecular formula is C18H13N3O5. The zero-order valence-electron chi connectivity index (χ0n) is 13.7. The predicted molar refractivity (Wildman–Crippen MR) is 89.7 cm³/mol. The molecular weight excluding hydrogens is 338 g/mol. The number of hydrogen-bond donors (Lipinski definition) is 0. The van der Waals surface area contributed by atoms with Crippen LogP contribution in [0.5, 0.6) is 0 Å². The van der Waals surface area contributed by atoms with E-state index in [1.807, 2.05) is 6.07 Å². The maximum atomic E-state index is 12.4. The minimum atomic E-state index is -0.695. The number of ether oxygens (including phenoxy) is 1. The number of esters is 1. The van der Waals surface area contributed by atoms with Gasteiger partial charge in [-0.15, -0.1) is 0 Å². The molecule has 0 aliphatic rings. The lowest BCUT2D eigenvalue weighted by Gasteiger charge is -2.04. The number of aryl methyl sites for hydroxylation is 1. The van der Waals surface area contributed by atoms with Gasteiger partial charge >= 0.3 is 5.97 Å². The summed E-state index contributed by atoms with van der Waals surface area (Å²) in [7, 11) is 0.